The van der Waals surface area contributed by atoms with Crippen LogP contribution in [0.1, 0.15) is 89.8 Å². The Bertz CT molecular complexity index is 424. The number of rotatable bonds is 2. The number of hydrogen-bond acceptors (Lipinski definition) is 2. The second-order valence-corrected chi connectivity index (χ2v) is 5.29. The highest BCUT2D eigenvalue weighted by Gasteiger charge is 2.25. The summed E-state index contributed by atoms with van der Waals surface area (Å²) in [6, 6.07) is 1.78. The molecule has 22 heavy (non-hydrogen) atoms. The van der Waals surface area contributed by atoms with Gasteiger partial charge in [-0.25, -0.2) is 0 Å². The van der Waals surface area contributed by atoms with Crippen LogP contribution in [-0.2, 0) is 0 Å². The Balaban J connectivity index is 0. The second-order valence-electron chi connectivity index (χ2n) is 4.88. The Kier molecular flexibility index (Phi) is 14.4. The van der Waals surface area contributed by atoms with Crippen LogP contribution in [0.25, 0.3) is 0 Å². The summed E-state index contributed by atoms with van der Waals surface area (Å²) in [5, 5.41) is 8.12. The third-order valence-corrected chi connectivity index (χ3v) is 3.63. The van der Waals surface area contributed by atoms with Gasteiger partial charge in [-0.05, 0) is 42.9 Å². The maximum absolute atomic E-state index is 7.36. The molecule has 0 radical (unpaired) electrons. The summed E-state index contributed by atoms with van der Waals surface area (Å²) in [5.41, 5.74) is 9.54. The number of nitrogens with one attached hydrogen (secondary N) is 1. The summed E-state index contributed by atoms with van der Waals surface area (Å²) >= 11 is 6.22. The van der Waals surface area contributed by atoms with E-state index in [9.17, 15) is 0 Å². The van der Waals surface area contributed by atoms with Crippen molar-refractivity contribution in [2.75, 3.05) is 5.73 Å². The molecule has 0 unspecified atom stereocenters. The van der Waals surface area contributed by atoms with Crippen molar-refractivity contribution in [3.63, 3.8) is 0 Å². The number of hydrogen-bond donors (Lipinski definition) is 2. The zero-order valence-corrected chi connectivity index (χ0v) is 16.3. The molecule has 0 heterocycles. The molecule has 3 heteroatoms. The van der Waals surface area contributed by atoms with E-state index in [1.807, 2.05) is 34.6 Å². The second kappa shape index (κ2) is 13.6. The first-order valence-electron chi connectivity index (χ1n) is 8.65. The van der Waals surface area contributed by atoms with Gasteiger partial charge in [0.2, 0.25) is 0 Å². The van der Waals surface area contributed by atoms with Crippen LogP contribution in [0.5, 0.6) is 0 Å². The minimum Gasteiger partial charge on any atom is -0.398 e. The third kappa shape index (κ3) is 6.39. The average molecular weight is 327 g/mol. The minimum absolute atomic E-state index is 0.580. The Morgan fingerprint density at radius 2 is 1.68 bits per heavy atom. The number of nitrogens with two attached hydrogens (primary N) is 1. The molecule has 1 aromatic carbocycles. The van der Waals surface area contributed by atoms with E-state index in [2.05, 4.69) is 13.8 Å². The van der Waals surface area contributed by atoms with E-state index in [0.29, 0.717) is 11.6 Å². The summed E-state index contributed by atoms with van der Waals surface area (Å²) in [6.45, 7) is 14.3. The summed E-state index contributed by atoms with van der Waals surface area (Å²) in [6.07, 6.45) is 6.28. The topological polar surface area (TPSA) is 49.9 Å². The first-order valence-corrected chi connectivity index (χ1v) is 9.03. The molecule has 1 fully saturated rings. The number of halogens is 1. The lowest BCUT2D eigenvalue weighted by atomic mass is 9.77. The first kappa shape index (κ1) is 23.2. The smallest absolute Gasteiger partial charge is 0.0464 e. The fraction of sp³-hybridized carbons (Fsp3) is 0.632. The van der Waals surface area contributed by atoms with Gasteiger partial charge in [-0.15, -0.1) is 0 Å². The van der Waals surface area contributed by atoms with Crippen molar-refractivity contribution < 1.29 is 0 Å². The molecule has 1 saturated carbocycles. The average Bonchev–Trinajstić information content (AvgIpc) is 2.47. The zero-order valence-electron chi connectivity index (χ0n) is 15.5. The van der Waals surface area contributed by atoms with Crippen LogP contribution in [0.4, 0.5) is 5.69 Å². The van der Waals surface area contributed by atoms with Crippen molar-refractivity contribution in [1.29, 1.82) is 5.41 Å². The van der Waals surface area contributed by atoms with E-state index < -0.39 is 0 Å². The monoisotopic (exact) mass is 326 g/mol. The third-order valence-electron chi connectivity index (χ3n) is 3.32. The van der Waals surface area contributed by atoms with E-state index in [1.165, 1.54) is 37.5 Å². The molecule has 1 aliphatic carbocycles. The highest BCUT2D eigenvalue weighted by molar-refractivity contribution is 6.32. The molecule has 2 nitrogen and oxygen atoms in total. The Morgan fingerprint density at radius 3 is 2.00 bits per heavy atom. The highest BCUT2D eigenvalue weighted by Crippen LogP contribution is 2.43. The van der Waals surface area contributed by atoms with E-state index in [4.69, 9.17) is 22.7 Å². The van der Waals surface area contributed by atoms with Crippen LogP contribution in [0.2, 0.25) is 5.02 Å². The van der Waals surface area contributed by atoms with Crippen LogP contribution >= 0.6 is 11.6 Å². The summed E-state index contributed by atoms with van der Waals surface area (Å²) in [4.78, 5) is 0. The van der Waals surface area contributed by atoms with E-state index in [1.54, 1.807) is 6.07 Å². The molecule has 0 aliphatic heterocycles. The van der Waals surface area contributed by atoms with Gasteiger partial charge in [0, 0.05) is 22.5 Å². The first-order chi connectivity index (χ1) is 10.6. The van der Waals surface area contributed by atoms with Crippen molar-refractivity contribution in [3.8, 4) is 0 Å². The van der Waals surface area contributed by atoms with Gasteiger partial charge in [0.15, 0.2) is 0 Å². The molecule has 0 atom stereocenters. The fourth-order valence-electron chi connectivity index (χ4n) is 2.22. The van der Waals surface area contributed by atoms with Crippen LogP contribution in [0.3, 0.4) is 0 Å². The van der Waals surface area contributed by atoms with Gasteiger partial charge in [-0.2, -0.15) is 0 Å². The molecule has 1 aliphatic rings. The number of nitrogen functional groups attached to an aromatic ring is 1. The predicted octanol–water partition coefficient (Wildman–Crippen LogP) is 6.96. The van der Waals surface area contributed by atoms with Gasteiger partial charge in [0.25, 0.3) is 0 Å². The lowest BCUT2D eigenvalue weighted by Crippen LogP contribution is -2.13. The lowest BCUT2D eigenvalue weighted by molar-refractivity contribution is 0.418. The quantitative estimate of drug-likeness (QED) is 0.447. The van der Waals surface area contributed by atoms with E-state index in [-0.39, 0.29) is 0 Å². The van der Waals surface area contributed by atoms with Gasteiger partial charge in [-0.3, -0.25) is 0 Å². The van der Waals surface area contributed by atoms with Crippen molar-refractivity contribution in [2.45, 2.75) is 80.1 Å². The zero-order chi connectivity index (χ0) is 17.7. The van der Waals surface area contributed by atoms with Crippen LogP contribution in [0.15, 0.2) is 6.07 Å². The highest BCUT2D eigenvalue weighted by atomic mass is 35.5. The minimum atomic E-state index is 0.580. The summed E-state index contributed by atoms with van der Waals surface area (Å²) < 4.78 is 0. The molecule has 0 spiro atoms. The normalized spacial score (nSPS) is 12.4. The summed E-state index contributed by atoms with van der Waals surface area (Å²) in [5.74, 6) is 0.580. The standard InChI is InChI=1S/C12H15ClN2.C3H8.2C2H6/c1-7-9(6-14)11(15)5-10(13)12(7)8-3-2-4-8;1-3-2;2*1-2/h5-6,8,14H,2-4,15H2,1H3;3H2,1-2H3;2*1-2H3. The molecular weight excluding hydrogens is 292 g/mol. The molecule has 0 bridgehead atoms. The Hall–Kier alpha value is -1.02. The van der Waals surface area contributed by atoms with Crippen LogP contribution in [-0.4, -0.2) is 6.21 Å². The van der Waals surface area contributed by atoms with Crippen molar-refractivity contribution >= 4 is 23.5 Å². The summed E-state index contributed by atoms with van der Waals surface area (Å²) in [7, 11) is 0. The largest absolute Gasteiger partial charge is 0.398 e. The molecule has 1 aromatic rings. The van der Waals surface area contributed by atoms with Gasteiger partial charge in [0.05, 0.1) is 0 Å². The molecular formula is C19H35ClN2. The molecule has 2 rings (SSSR count). The molecule has 128 valence electrons. The van der Waals surface area contributed by atoms with Crippen molar-refractivity contribution in [3.05, 3.63) is 27.8 Å². The van der Waals surface area contributed by atoms with Gasteiger partial charge in [0.1, 0.15) is 0 Å². The van der Waals surface area contributed by atoms with E-state index >= 15 is 0 Å². The van der Waals surface area contributed by atoms with Crippen LogP contribution in [0, 0.1) is 12.3 Å². The Morgan fingerprint density at radius 1 is 1.23 bits per heavy atom. The van der Waals surface area contributed by atoms with Crippen molar-refractivity contribution in [1.82, 2.24) is 0 Å². The lowest BCUT2D eigenvalue weighted by Gasteiger charge is -2.29. The molecule has 0 amide bonds. The number of anilines is 1. The maximum atomic E-state index is 7.36. The van der Waals surface area contributed by atoms with Crippen LogP contribution < -0.4 is 5.73 Å². The van der Waals surface area contributed by atoms with Gasteiger partial charge >= 0.3 is 0 Å². The maximum Gasteiger partial charge on any atom is 0.0464 e. The molecule has 0 aromatic heterocycles. The van der Waals surface area contributed by atoms with Crippen molar-refractivity contribution in [2.24, 2.45) is 0 Å². The number of benzene rings is 1. The molecule has 3 N–H and O–H groups in total. The van der Waals surface area contributed by atoms with Gasteiger partial charge < -0.3 is 11.1 Å². The predicted molar refractivity (Wildman–Crippen MR) is 104 cm³/mol. The Labute approximate surface area is 143 Å². The van der Waals surface area contributed by atoms with Gasteiger partial charge in [-0.1, -0.05) is 66.0 Å². The van der Waals surface area contributed by atoms with E-state index in [0.717, 1.165) is 16.1 Å². The molecule has 0 saturated heterocycles. The SMILES string of the molecule is CC.CC.CCC.Cc1c(C=N)c(N)cc(Cl)c1C1CCC1. The fourth-order valence-corrected chi connectivity index (χ4v) is 2.64.